The van der Waals surface area contributed by atoms with Crippen molar-refractivity contribution >= 4 is 41.2 Å². The summed E-state index contributed by atoms with van der Waals surface area (Å²) in [5.41, 5.74) is 3.80. The standard InChI is InChI=1S/C47H45F2N5O7/c48-35-26-34(27-36(49)28-35)33-16-11-31(12-17-33)24-40-45(58)53-39(23-30-9-5-2-6-10-30)46(59)54-41(47(60)61)25-32-13-18-37(19-14-32)50-42(55)21-22-43(56)51-38(44(57)52-40)20-15-29-7-3-1-4-8-29/h1-14,16-19,26-28,38-41H,15,20-25H2,(H,50,55)(H,51,56)(H,52,57)(H,53,58)(H,54,59)(H,60,61)/t38-,39-,40+,41+/m1/s1. The lowest BCUT2D eigenvalue weighted by Crippen LogP contribution is -2.59. The van der Waals surface area contributed by atoms with E-state index in [1.165, 1.54) is 12.1 Å². The molecule has 5 aromatic rings. The van der Waals surface area contributed by atoms with E-state index in [1.807, 2.05) is 30.3 Å². The van der Waals surface area contributed by atoms with Gasteiger partial charge in [-0.15, -0.1) is 0 Å². The van der Waals surface area contributed by atoms with Gasteiger partial charge in [-0.25, -0.2) is 13.6 Å². The summed E-state index contributed by atoms with van der Waals surface area (Å²) in [4.78, 5) is 81.3. The number of fused-ring (bicyclic) bond motifs is 18. The summed E-state index contributed by atoms with van der Waals surface area (Å²) in [6, 6.07) is 28.8. The van der Waals surface area contributed by atoms with Gasteiger partial charge in [-0.3, -0.25) is 24.0 Å². The van der Waals surface area contributed by atoms with Gasteiger partial charge in [0.15, 0.2) is 0 Å². The molecule has 0 aliphatic carbocycles. The van der Waals surface area contributed by atoms with Gasteiger partial charge in [-0.2, -0.15) is 0 Å². The van der Waals surface area contributed by atoms with Crippen LogP contribution < -0.4 is 26.6 Å². The van der Waals surface area contributed by atoms with Crippen LogP contribution in [0.5, 0.6) is 0 Å². The Kier molecular flexibility index (Phi) is 14.7. The fraction of sp³-hybridized carbons (Fsp3) is 0.234. The van der Waals surface area contributed by atoms with Gasteiger partial charge in [0.25, 0.3) is 0 Å². The van der Waals surface area contributed by atoms with E-state index >= 15 is 0 Å². The highest BCUT2D eigenvalue weighted by Gasteiger charge is 2.32. The minimum atomic E-state index is -1.40. The van der Waals surface area contributed by atoms with Gasteiger partial charge in [-0.05, 0) is 70.5 Å². The van der Waals surface area contributed by atoms with Crippen LogP contribution in [0.2, 0.25) is 0 Å². The normalized spacial score (nSPS) is 19.3. The highest BCUT2D eigenvalue weighted by Crippen LogP contribution is 2.23. The third-order valence-corrected chi connectivity index (χ3v) is 10.2. The number of benzene rings is 5. The van der Waals surface area contributed by atoms with E-state index in [-0.39, 0.29) is 44.1 Å². The van der Waals surface area contributed by atoms with Gasteiger partial charge in [0, 0.05) is 43.9 Å². The van der Waals surface area contributed by atoms with Gasteiger partial charge in [0.2, 0.25) is 29.5 Å². The van der Waals surface area contributed by atoms with Gasteiger partial charge < -0.3 is 31.7 Å². The molecular weight excluding hydrogens is 785 g/mol. The number of amides is 5. The lowest BCUT2D eigenvalue weighted by molar-refractivity contribution is -0.142. The van der Waals surface area contributed by atoms with Crippen LogP contribution in [0.4, 0.5) is 14.5 Å². The zero-order valence-electron chi connectivity index (χ0n) is 33.0. The molecule has 4 atom stereocenters. The van der Waals surface area contributed by atoms with Crippen LogP contribution in [0.1, 0.15) is 41.5 Å². The second-order valence-electron chi connectivity index (χ2n) is 14.9. The molecule has 0 fully saturated rings. The number of hydrogen-bond donors (Lipinski definition) is 6. The van der Waals surface area contributed by atoms with Crippen LogP contribution in [0.3, 0.4) is 0 Å². The Balaban J connectivity index is 1.34. The van der Waals surface area contributed by atoms with Crippen LogP contribution in [0.15, 0.2) is 127 Å². The van der Waals surface area contributed by atoms with Crippen molar-refractivity contribution in [3.63, 3.8) is 0 Å². The SMILES string of the molecule is O=C1CCC(=O)N[C@H](CCc2ccccc2)C(=O)N[C@@H](Cc2ccc(-c3cc(F)cc(F)c3)cc2)C(=O)N[C@H](Cc2ccccc2)C(=O)N[C@H](C(=O)O)Cc2ccc(cc2)N1. The molecule has 6 N–H and O–H groups in total. The molecular formula is C47H45F2N5O7. The third-order valence-electron chi connectivity index (χ3n) is 10.2. The molecule has 0 saturated heterocycles. The summed E-state index contributed by atoms with van der Waals surface area (Å²) >= 11 is 0. The monoisotopic (exact) mass is 829 g/mol. The fourth-order valence-electron chi connectivity index (χ4n) is 6.98. The summed E-state index contributed by atoms with van der Waals surface area (Å²) in [7, 11) is 0. The van der Waals surface area contributed by atoms with Crippen LogP contribution in [-0.2, 0) is 54.5 Å². The number of hydrogen-bond acceptors (Lipinski definition) is 6. The van der Waals surface area contributed by atoms with E-state index in [4.69, 9.17) is 0 Å². The average molecular weight is 830 g/mol. The molecule has 0 radical (unpaired) electrons. The van der Waals surface area contributed by atoms with E-state index in [1.54, 1.807) is 78.9 Å². The molecule has 5 amide bonds. The van der Waals surface area contributed by atoms with Crippen LogP contribution in [0, 0.1) is 11.6 Å². The molecule has 0 unspecified atom stereocenters. The molecule has 2 bridgehead atoms. The topological polar surface area (TPSA) is 183 Å². The number of carboxylic acid groups (broad SMARTS) is 1. The maximum Gasteiger partial charge on any atom is 0.326 e. The van der Waals surface area contributed by atoms with E-state index < -0.39 is 71.3 Å². The Labute approximate surface area is 351 Å². The number of halogens is 2. The van der Waals surface area contributed by atoms with Crippen LogP contribution in [0.25, 0.3) is 11.1 Å². The Morgan fingerprint density at radius 2 is 1.08 bits per heavy atom. The molecule has 0 aromatic heterocycles. The van der Waals surface area contributed by atoms with Crippen molar-refractivity contribution in [3.05, 3.63) is 161 Å². The molecule has 14 heteroatoms. The number of carboxylic acids is 1. The van der Waals surface area contributed by atoms with Crippen molar-refractivity contribution in [1.29, 1.82) is 0 Å². The Hall–Kier alpha value is -7.22. The molecule has 2 heterocycles. The minimum Gasteiger partial charge on any atom is -0.480 e. The molecule has 314 valence electrons. The first-order chi connectivity index (χ1) is 29.4. The number of aliphatic carboxylic acids is 1. The molecule has 0 saturated carbocycles. The first-order valence-corrected chi connectivity index (χ1v) is 19.8. The van der Waals surface area contributed by atoms with Crippen molar-refractivity contribution in [3.8, 4) is 11.1 Å². The van der Waals surface area contributed by atoms with Gasteiger partial charge in [0.05, 0.1) is 0 Å². The highest BCUT2D eigenvalue weighted by atomic mass is 19.1. The largest absolute Gasteiger partial charge is 0.480 e. The first-order valence-electron chi connectivity index (χ1n) is 19.8. The Bertz CT molecular complexity index is 2330. The van der Waals surface area contributed by atoms with Gasteiger partial charge in [0.1, 0.15) is 35.8 Å². The number of nitrogens with one attached hydrogen (secondary N) is 5. The van der Waals surface area contributed by atoms with Crippen molar-refractivity contribution in [2.75, 3.05) is 5.32 Å². The lowest BCUT2D eigenvalue weighted by Gasteiger charge is -2.26. The summed E-state index contributed by atoms with van der Waals surface area (Å²) < 4.78 is 28.1. The minimum absolute atomic E-state index is 0.0333. The zero-order chi connectivity index (χ0) is 43.3. The predicted molar refractivity (Wildman–Crippen MR) is 224 cm³/mol. The average Bonchev–Trinajstić information content (AvgIpc) is 3.24. The second-order valence-corrected chi connectivity index (χ2v) is 14.9. The molecule has 12 nitrogen and oxygen atoms in total. The lowest BCUT2D eigenvalue weighted by atomic mass is 9.98. The number of carbonyl (C=O) groups excluding carboxylic acids is 5. The van der Waals surface area contributed by atoms with Crippen molar-refractivity contribution in [1.82, 2.24) is 21.3 Å². The molecule has 2 aliphatic heterocycles. The molecule has 0 spiro atoms. The summed E-state index contributed by atoms with van der Waals surface area (Å²) in [6.07, 6.45) is -0.235. The Morgan fingerprint density at radius 3 is 1.67 bits per heavy atom. The maximum atomic E-state index is 14.4. The molecule has 2 aliphatic rings. The maximum absolute atomic E-state index is 14.4. The first kappa shape index (κ1) is 43.4. The third kappa shape index (κ3) is 12.9. The number of carbonyl (C=O) groups is 6. The molecule has 61 heavy (non-hydrogen) atoms. The summed E-state index contributed by atoms with van der Waals surface area (Å²) in [5.74, 6) is -6.14. The van der Waals surface area contributed by atoms with Crippen molar-refractivity contribution in [2.45, 2.75) is 69.1 Å². The smallest absolute Gasteiger partial charge is 0.326 e. The highest BCUT2D eigenvalue weighted by molar-refractivity contribution is 5.96. The van der Waals surface area contributed by atoms with Gasteiger partial charge in [-0.1, -0.05) is 97.1 Å². The number of aryl methyl sites for hydroxylation is 1. The number of anilines is 1. The van der Waals surface area contributed by atoms with E-state index in [0.29, 0.717) is 34.4 Å². The molecule has 7 rings (SSSR count). The zero-order valence-corrected chi connectivity index (χ0v) is 33.0. The van der Waals surface area contributed by atoms with E-state index in [0.717, 1.165) is 11.6 Å². The summed E-state index contributed by atoms with van der Waals surface area (Å²) in [5, 5.41) is 23.7. The van der Waals surface area contributed by atoms with Crippen molar-refractivity contribution < 1.29 is 42.7 Å². The quantitative estimate of drug-likeness (QED) is 0.113. The molecule has 5 aromatic carbocycles. The van der Waals surface area contributed by atoms with Crippen LogP contribution >= 0.6 is 0 Å². The second kappa shape index (κ2) is 20.7. The van der Waals surface area contributed by atoms with Gasteiger partial charge >= 0.3 is 5.97 Å². The number of rotatable bonds is 9. The fourth-order valence-corrected chi connectivity index (χ4v) is 6.98. The van der Waals surface area contributed by atoms with E-state index in [2.05, 4.69) is 26.6 Å². The van der Waals surface area contributed by atoms with Crippen molar-refractivity contribution in [2.24, 2.45) is 0 Å². The Morgan fingerprint density at radius 1 is 0.557 bits per heavy atom. The predicted octanol–water partition coefficient (Wildman–Crippen LogP) is 5.05. The van der Waals surface area contributed by atoms with E-state index in [9.17, 15) is 42.7 Å². The summed E-state index contributed by atoms with van der Waals surface area (Å²) in [6.45, 7) is 0. The van der Waals surface area contributed by atoms with Crippen LogP contribution in [-0.4, -0.2) is 64.8 Å².